The quantitative estimate of drug-likeness (QED) is 0.213. The Morgan fingerprint density at radius 1 is 0.840 bits per heavy atom. The SMILES string of the molecule is CCC1OC(=O)[C@H](C)C(O[C@H]2C[C@@](C)(O)[C@@H](O)[C@H](C)O2)[C@H](C)[C@@H](O[C@@H]2O[C@H](C)C[C@H](N(C)C)[C@H]2O)[C@](C)(O)C[C@@H](C)C(=O)[C@H](C)[C@@H](O)[C@]1(C)O. The van der Waals surface area contributed by atoms with E-state index in [1.54, 1.807) is 34.6 Å². The first-order valence-corrected chi connectivity index (χ1v) is 18.1. The third-order valence-corrected chi connectivity index (χ3v) is 11.4. The van der Waals surface area contributed by atoms with Gasteiger partial charge in [-0.15, -0.1) is 0 Å². The molecule has 6 N–H and O–H groups in total. The normalized spacial score (nSPS) is 50.5. The highest BCUT2D eigenvalue weighted by molar-refractivity contribution is 5.83. The highest BCUT2D eigenvalue weighted by Gasteiger charge is 2.53. The standard InChI is InChI=1S/C36H65NO13/c1-13-24-36(10,45)29(40)19(4)26(38)17(2)15-35(9,44)31(50-33-27(39)23(37(11)12)14-18(3)46-33)20(5)28(21(6)32(42)48-24)49-25-16-34(8,43)30(41)22(7)47-25/h17-25,27-31,33,39-41,43-45H,13-16H2,1-12H3/t17-,18-,19+,20+,21-,22+,23+,24?,25+,27-,28?,29-,30+,31-,33+,34-,35-,36-/m1/s1. The molecule has 3 saturated heterocycles. The number of nitrogens with zero attached hydrogens (tertiary/aromatic N) is 1. The van der Waals surface area contributed by atoms with Gasteiger partial charge in [0.1, 0.15) is 29.7 Å². The fourth-order valence-electron chi connectivity index (χ4n) is 8.22. The van der Waals surface area contributed by atoms with Crippen LogP contribution in [0.2, 0.25) is 0 Å². The van der Waals surface area contributed by atoms with Crippen molar-refractivity contribution in [2.45, 2.75) is 179 Å². The average molecular weight is 720 g/mol. The van der Waals surface area contributed by atoms with E-state index in [-0.39, 0.29) is 31.4 Å². The molecule has 0 bridgehead atoms. The number of carbonyl (C=O) groups excluding carboxylic acids is 2. The number of hydrogen-bond acceptors (Lipinski definition) is 14. The molecule has 3 aliphatic rings. The van der Waals surface area contributed by atoms with Crippen LogP contribution < -0.4 is 0 Å². The number of rotatable bonds is 6. The monoisotopic (exact) mass is 719 g/mol. The van der Waals surface area contributed by atoms with Gasteiger partial charge in [0.25, 0.3) is 0 Å². The number of aliphatic hydroxyl groups excluding tert-OH is 3. The Hall–Kier alpha value is -1.30. The highest BCUT2D eigenvalue weighted by Crippen LogP contribution is 2.40. The van der Waals surface area contributed by atoms with Gasteiger partial charge in [0, 0.05) is 30.2 Å². The minimum atomic E-state index is -2.01. The molecule has 0 amide bonds. The molecule has 0 saturated carbocycles. The summed E-state index contributed by atoms with van der Waals surface area (Å²) in [6.45, 7) is 15.8. The first-order valence-electron chi connectivity index (χ1n) is 18.1. The predicted octanol–water partition coefficient (Wildman–Crippen LogP) is 1.13. The third-order valence-electron chi connectivity index (χ3n) is 11.4. The molecule has 0 aromatic rings. The third kappa shape index (κ3) is 9.25. The molecule has 3 rings (SSSR count). The maximum Gasteiger partial charge on any atom is 0.311 e. The van der Waals surface area contributed by atoms with Crippen molar-refractivity contribution in [1.82, 2.24) is 4.90 Å². The Kier molecular flexibility index (Phi) is 14.1. The fourth-order valence-corrected chi connectivity index (χ4v) is 8.22. The highest BCUT2D eigenvalue weighted by atomic mass is 16.7. The van der Waals surface area contributed by atoms with Gasteiger partial charge in [-0.05, 0) is 74.9 Å². The first kappa shape index (κ1) is 43.1. The fraction of sp³-hybridized carbons (Fsp3) is 0.944. The van der Waals surface area contributed by atoms with Crippen molar-refractivity contribution in [2.24, 2.45) is 23.7 Å². The molecular weight excluding hydrogens is 654 g/mol. The minimum absolute atomic E-state index is 0.118. The number of likely N-dealkylation sites (N-methyl/N-ethyl adjacent to an activating group) is 1. The van der Waals surface area contributed by atoms with E-state index in [9.17, 15) is 40.2 Å². The Bertz CT molecular complexity index is 1150. The van der Waals surface area contributed by atoms with E-state index in [2.05, 4.69) is 0 Å². The largest absolute Gasteiger partial charge is 0.459 e. The summed E-state index contributed by atoms with van der Waals surface area (Å²) in [7, 11) is 3.67. The van der Waals surface area contributed by atoms with Crippen LogP contribution in [0.1, 0.15) is 94.9 Å². The first-order chi connectivity index (χ1) is 22.9. The molecule has 0 aromatic heterocycles. The topological polar surface area (TPSA) is 205 Å². The number of carbonyl (C=O) groups is 2. The molecule has 50 heavy (non-hydrogen) atoms. The van der Waals surface area contributed by atoms with Crippen molar-refractivity contribution in [2.75, 3.05) is 14.1 Å². The van der Waals surface area contributed by atoms with E-state index in [0.717, 1.165) is 0 Å². The summed E-state index contributed by atoms with van der Waals surface area (Å²) in [6.07, 6.45) is -10.7. The van der Waals surface area contributed by atoms with Crippen LogP contribution in [0.4, 0.5) is 0 Å². The number of cyclic esters (lactones) is 1. The van der Waals surface area contributed by atoms with E-state index >= 15 is 0 Å². The smallest absolute Gasteiger partial charge is 0.311 e. The predicted molar refractivity (Wildman–Crippen MR) is 181 cm³/mol. The van der Waals surface area contributed by atoms with Gasteiger partial charge in [0.15, 0.2) is 12.6 Å². The lowest BCUT2D eigenvalue weighted by atomic mass is 9.74. The second-order valence-corrected chi connectivity index (χ2v) is 16.3. The van der Waals surface area contributed by atoms with E-state index in [4.69, 9.17) is 23.7 Å². The number of ether oxygens (including phenoxy) is 5. The zero-order chi connectivity index (χ0) is 38.3. The second-order valence-electron chi connectivity index (χ2n) is 16.3. The molecule has 3 heterocycles. The Labute approximate surface area is 297 Å². The summed E-state index contributed by atoms with van der Waals surface area (Å²) in [5.74, 6) is -5.14. The molecule has 2 unspecified atom stereocenters. The summed E-state index contributed by atoms with van der Waals surface area (Å²) < 4.78 is 31.0. The van der Waals surface area contributed by atoms with Crippen molar-refractivity contribution in [3.8, 4) is 0 Å². The maximum absolute atomic E-state index is 14.0. The van der Waals surface area contributed by atoms with Crippen LogP contribution in [-0.4, -0.2) is 146 Å². The molecule has 14 heteroatoms. The van der Waals surface area contributed by atoms with Crippen molar-refractivity contribution >= 4 is 11.8 Å². The van der Waals surface area contributed by atoms with Gasteiger partial charge in [-0.2, -0.15) is 0 Å². The molecule has 14 nitrogen and oxygen atoms in total. The molecule has 0 radical (unpaired) electrons. The van der Waals surface area contributed by atoms with Crippen LogP contribution in [0.3, 0.4) is 0 Å². The Morgan fingerprint density at radius 2 is 1.44 bits per heavy atom. The van der Waals surface area contributed by atoms with Crippen LogP contribution in [0.15, 0.2) is 0 Å². The number of ketones is 1. The lowest BCUT2D eigenvalue weighted by molar-refractivity contribution is -0.316. The number of hydrogen-bond donors (Lipinski definition) is 6. The van der Waals surface area contributed by atoms with Crippen molar-refractivity contribution < 1.29 is 63.9 Å². The summed E-state index contributed by atoms with van der Waals surface area (Å²) in [4.78, 5) is 29.6. The molecule has 0 spiro atoms. The van der Waals surface area contributed by atoms with Crippen molar-refractivity contribution in [1.29, 1.82) is 0 Å². The molecule has 0 aliphatic carbocycles. The van der Waals surface area contributed by atoms with Crippen LogP contribution >= 0.6 is 0 Å². The molecule has 292 valence electrons. The minimum Gasteiger partial charge on any atom is -0.459 e. The zero-order valence-electron chi connectivity index (χ0n) is 32.0. The maximum atomic E-state index is 14.0. The van der Waals surface area contributed by atoms with Crippen molar-refractivity contribution in [3.05, 3.63) is 0 Å². The van der Waals surface area contributed by atoms with E-state index in [0.29, 0.717) is 6.42 Å². The summed E-state index contributed by atoms with van der Waals surface area (Å²) in [6, 6.07) is -0.337. The summed E-state index contributed by atoms with van der Waals surface area (Å²) in [5.41, 5.74) is -5.42. The van der Waals surface area contributed by atoms with Gasteiger partial charge >= 0.3 is 5.97 Å². The lowest BCUT2D eigenvalue weighted by Gasteiger charge is -2.48. The average Bonchev–Trinajstić information content (AvgIpc) is 3.01. The van der Waals surface area contributed by atoms with Gasteiger partial charge < -0.3 is 59.2 Å². The number of esters is 1. The van der Waals surface area contributed by atoms with Gasteiger partial charge in [0.2, 0.25) is 0 Å². The Morgan fingerprint density at radius 3 is 1.98 bits per heavy atom. The molecule has 3 fully saturated rings. The van der Waals surface area contributed by atoms with Crippen LogP contribution in [0.5, 0.6) is 0 Å². The van der Waals surface area contributed by atoms with Gasteiger partial charge in [-0.1, -0.05) is 27.7 Å². The molecule has 3 aliphatic heterocycles. The molecule has 18 atom stereocenters. The number of aliphatic hydroxyl groups is 6. The van der Waals surface area contributed by atoms with Crippen LogP contribution in [-0.2, 0) is 33.3 Å². The summed E-state index contributed by atoms with van der Waals surface area (Å²) in [5, 5.41) is 68.1. The van der Waals surface area contributed by atoms with E-state index in [1.165, 1.54) is 27.7 Å². The van der Waals surface area contributed by atoms with Gasteiger partial charge in [-0.3, -0.25) is 9.59 Å². The lowest BCUT2D eigenvalue weighted by Crippen LogP contribution is -2.61. The Balaban J connectivity index is 2.17. The van der Waals surface area contributed by atoms with E-state index < -0.39 is 108 Å². The van der Waals surface area contributed by atoms with Crippen molar-refractivity contribution in [3.63, 3.8) is 0 Å². The van der Waals surface area contributed by atoms with Crippen LogP contribution in [0.25, 0.3) is 0 Å². The number of Topliss-reactive ketones (excluding diaryl/α,β-unsaturated/α-hetero) is 1. The zero-order valence-corrected chi connectivity index (χ0v) is 32.0. The second kappa shape index (κ2) is 16.4. The van der Waals surface area contributed by atoms with Crippen LogP contribution in [0, 0.1) is 23.7 Å². The molecule has 0 aromatic carbocycles. The van der Waals surface area contributed by atoms with E-state index in [1.807, 2.05) is 25.9 Å². The molecular formula is C36H65NO13. The van der Waals surface area contributed by atoms with Gasteiger partial charge in [0.05, 0.1) is 47.6 Å². The van der Waals surface area contributed by atoms with Gasteiger partial charge in [-0.25, -0.2) is 0 Å². The summed E-state index contributed by atoms with van der Waals surface area (Å²) >= 11 is 0.